The minimum Gasteiger partial charge on any atom is -0.468 e. The Hall–Kier alpha value is -1.66. The van der Waals surface area contributed by atoms with E-state index < -0.39 is 6.10 Å². The summed E-state index contributed by atoms with van der Waals surface area (Å²) >= 11 is 0. The second kappa shape index (κ2) is 9.33. The van der Waals surface area contributed by atoms with Gasteiger partial charge in [0.1, 0.15) is 5.76 Å². The van der Waals surface area contributed by atoms with E-state index in [2.05, 4.69) is 34.5 Å². The van der Waals surface area contributed by atoms with Gasteiger partial charge in [0.2, 0.25) is 0 Å². The molecule has 0 amide bonds. The lowest BCUT2D eigenvalue weighted by molar-refractivity contribution is -0.0170. The second-order valence-electron chi connectivity index (χ2n) is 7.22. The summed E-state index contributed by atoms with van der Waals surface area (Å²) < 4.78 is 11.5. The van der Waals surface area contributed by atoms with Crippen LogP contribution in [0.2, 0.25) is 0 Å². The number of ether oxygens (including phenoxy) is 1. The normalized spacial score (nSPS) is 19.3. The van der Waals surface area contributed by atoms with Gasteiger partial charge in [-0.3, -0.25) is 4.90 Å². The van der Waals surface area contributed by atoms with Gasteiger partial charge in [-0.1, -0.05) is 24.3 Å². The van der Waals surface area contributed by atoms with Gasteiger partial charge in [0.05, 0.1) is 31.1 Å². The fourth-order valence-electron chi connectivity index (χ4n) is 3.57. The molecule has 1 aromatic carbocycles. The van der Waals surface area contributed by atoms with Crippen LogP contribution in [0, 0.1) is 0 Å². The van der Waals surface area contributed by atoms with Crippen LogP contribution in [0.4, 0.5) is 0 Å². The van der Waals surface area contributed by atoms with Crippen LogP contribution in [0.5, 0.6) is 0 Å². The van der Waals surface area contributed by atoms with E-state index in [1.165, 1.54) is 11.1 Å². The molecule has 3 atom stereocenters. The average Bonchev–Trinajstić information content (AvgIpc) is 3.17. The molecular formula is C21H30N2O3. The molecule has 1 aliphatic carbocycles. The molecule has 0 saturated heterocycles. The molecule has 1 heterocycles. The Morgan fingerprint density at radius 3 is 2.85 bits per heavy atom. The Labute approximate surface area is 156 Å². The van der Waals surface area contributed by atoms with Crippen molar-refractivity contribution in [3.05, 3.63) is 59.5 Å². The molecule has 0 spiro atoms. The topological polar surface area (TPSA) is 57.9 Å². The van der Waals surface area contributed by atoms with Crippen LogP contribution in [0.3, 0.4) is 0 Å². The number of fused-ring (bicyclic) bond motifs is 1. The van der Waals surface area contributed by atoms with Crippen molar-refractivity contribution in [3.63, 3.8) is 0 Å². The number of aliphatic hydroxyl groups is 1. The van der Waals surface area contributed by atoms with E-state index in [1.54, 1.807) is 6.26 Å². The van der Waals surface area contributed by atoms with E-state index in [0.29, 0.717) is 19.7 Å². The van der Waals surface area contributed by atoms with Crippen LogP contribution in [0.15, 0.2) is 47.1 Å². The van der Waals surface area contributed by atoms with Gasteiger partial charge in [-0.25, -0.2) is 0 Å². The van der Waals surface area contributed by atoms with Crippen molar-refractivity contribution in [1.29, 1.82) is 0 Å². The summed E-state index contributed by atoms with van der Waals surface area (Å²) in [5.41, 5.74) is 2.66. The van der Waals surface area contributed by atoms with Gasteiger partial charge in [-0.05, 0) is 56.6 Å². The molecule has 26 heavy (non-hydrogen) atoms. The minimum atomic E-state index is -0.525. The van der Waals surface area contributed by atoms with E-state index >= 15 is 0 Å². The summed E-state index contributed by atoms with van der Waals surface area (Å²) in [6.45, 7) is 1.56. The number of aliphatic hydroxyl groups excluding tert-OH is 1. The predicted octanol–water partition coefficient (Wildman–Crippen LogP) is 2.93. The zero-order valence-electron chi connectivity index (χ0n) is 15.7. The molecule has 3 rings (SSSR count). The molecule has 0 fully saturated rings. The molecule has 1 aliphatic rings. The Balaban J connectivity index is 1.43. The zero-order valence-corrected chi connectivity index (χ0v) is 15.7. The van der Waals surface area contributed by atoms with Gasteiger partial charge in [0, 0.05) is 13.1 Å². The van der Waals surface area contributed by atoms with Crippen LogP contribution < -0.4 is 5.32 Å². The van der Waals surface area contributed by atoms with Crippen LogP contribution in [0.25, 0.3) is 0 Å². The maximum absolute atomic E-state index is 10.3. The summed E-state index contributed by atoms with van der Waals surface area (Å²) in [7, 11) is 4.05. The summed E-state index contributed by atoms with van der Waals surface area (Å²) in [5.74, 6) is 0.923. The maximum atomic E-state index is 10.3. The van der Waals surface area contributed by atoms with E-state index in [0.717, 1.165) is 25.0 Å². The molecule has 1 aromatic heterocycles. The van der Waals surface area contributed by atoms with E-state index in [-0.39, 0.29) is 12.1 Å². The minimum absolute atomic E-state index is 0.104. The van der Waals surface area contributed by atoms with Gasteiger partial charge >= 0.3 is 0 Å². The van der Waals surface area contributed by atoms with Gasteiger partial charge < -0.3 is 19.6 Å². The van der Waals surface area contributed by atoms with E-state index in [4.69, 9.17) is 9.15 Å². The number of nitrogens with one attached hydrogen (secondary N) is 1. The molecule has 0 bridgehead atoms. The fourth-order valence-corrected chi connectivity index (χ4v) is 3.57. The molecule has 2 aromatic rings. The van der Waals surface area contributed by atoms with Crippen LogP contribution in [0.1, 0.15) is 41.9 Å². The third kappa shape index (κ3) is 4.95. The highest BCUT2D eigenvalue weighted by Crippen LogP contribution is 2.32. The molecule has 5 heteroatoms. The molecule has 0 aliphatic heterocycles. The Morgan fingerprint density at radius 2 is 2.08 bits per heavy atom. The lowest BCUT2D eigenvalue weighted by Crippen LogP contribution is -2.36. The second-order valence-corrected chi connectivity index (χ2v) is 7.22. The SMILES string of the molecule is CN(C)C(CNCC(O)COC1CCCc2ccccc21)c1ccco1. The first-order chi connectivity index (χ1) is 12.6. The number of hydrogen-bond acceptors (Lipinski definition) is 5. The van der Waals surface area contributed by atoms with Crippen molar-refractivity contribution in [2.24, 2.45) is 0 Å². The molecule has 0 radical (unpaired) electrons. The lowest BCUT2D eigenvalue weighted by atomic mass is 9.89. The van der Waals surface area contributed by atoms with Crippen molar-refractivity contribution >= 4 is 0 Å². The highest BCUT2D eigenvalue weighted by Gasteiger charge is 2.21. The van der Waals surface area contributed by atoms with Crippen LogP contribution in [-0.2, 0) is 11.2 Å². The lowest BCUT2D eigenvalue weighted by Gasteiger charge is -2.27. The van der Waals surface area contributed by atoms with Crippen LogP contribution >= 0.6 is 0 Å². The summed E-state index contributed by atoms with van der Waals surface area (Å²) in [4.78, 5) is 2.10. The van der Waals surface area contributed by atoms with Crippen LogP contribution in [-0.4, -0.2) is 49.9 Å². The number of aryl methyl sites for hydroxylation is 1. The number of rotatable bonds is 9. The molecule has 0 saturated carbocycles. The first-order valence-corrected chi connectivity index (χ1v) is 9.43. The van der Waals surface area contributed by atoms with Gasteiger partial charge in [-0.15, -0.1) is 0 Å². The third-order valence-electron chi connectivity index (χ3n) is 5.02. The number of hydrogen-bond donors (Lipinski definition) is 2. The quantitative estimate of drug-likeness (QED) is 0.722. The zero-order chi connectivity index (χ0) is 18.4. The average molecular weight is 358 g/mol. The van der Waals surface area contributed by atoms with Gasteiger partial charge in [-0.2, -0.15) is 0 Å². The first-order valence-electron chi connectivity index (χ1n) is 9.43. The van der Waals surface area contributed by atoms with E-state index in [9.17, 15) is 5.11 Å². The standard InChI is InChI=1S/C21H30N2O3/c1-23(2)19(21-11-6-12-25-21)14-22-13-17(24)15-26-20-10-5-8-16-7-3-4-9-18(16)20/h3-4,6-7,9,11-12,17,19-20,22,24H,5,8,10,13-15H2,1-2H3. The smallest absolute Gasteiger partial charge is 0.122 e. The monoisotopic (exact) mass is 358 g/mol. The van der Waals surface area contributed by atoms with Crippen molar-refractivity contribution in [1.82, 2.24) is 10.2 Å². The molecular weight excluding hydrogens is 328 g/mol. The highest BCUT2D eigenvalue weighted by atomic mass is 16.5. The summed E-state index contributed by atoms with van der Waals surface area (Å²) in [6.07, 6.45) is 4.56. The number of benzene rings is 1. The van der Waals surface area contributed by atoms with Gasteiger partial charge in [0.15, 0.2) is 0 Å². The summed E-state index contributed by atoms with van der Waals surface area (Å²) in [6, 6.07) is 12.5. The number of furan rings is 1. The first kappa shape index (κ1) is 19.1. The van der Waals surface area contributed by atoms with Gasteiger partial charge in [0.25, 0.3) is 0 Å². The van der Waals surface area contributed by atoms with Crippen molar-refractivity contribution < 1.29 is 14.3 Å². The molecule has 2 N–H and O–H groups in total. The third-order valence-corrected chi connectivity index (χ3v) is 5.02. The molecule has 142 valence electrons. The van der Waals surface area contributed by atoms with Crippen molar-refractivity contribution in [2.45, 2.75) is 37.5 Å². The Morgan fingerprint density at radius 1 is 1.23 bits per heavy atom. The van der Waals surface area contributed by atoms with Crippen molar-refractivity contribution in [2.75, 3.05) is 33.8 Å². The highest BCUT2D eigenvalue weighted by molar-refractivity contribution is 5.31. The number of likely N-dealkylation sites (N-methyl/N-ethyl adjacent to an activating group) is 1. The Bertz CT molecular complexity index is 657. The van der Waals surface area contributed by atoms with E-state index in [1.807, 2.05) is 26.2 Å². The molecule has 3 unspecified atom stereocenters. The van der Waals surface area contributed by atoms with Crippen molar-refractivity contribution in [3.8, 4) is 0 Å². The predicted molar refractivity (Wildman–Crippen MR) is 102 cm³/mol. The molecule has 5 nitrogen and oxygen atoms in total. The number of nitrogens with zero attached hydrogens (tertiary/aromatic N) is 1. The Kier molecular flexibility index (Phi) is 6.86. The fraction of sp³-hybridized carbons (Fsp3) is 0.524. The largest absolute Gasteiger partial charge is 0.468 e. The summed E-state index contributed by atoms with van der Waals surface area (Å²) in [5, 5.41) is 13.6. The maximum Gasteiger partial charge on any atom is 0.122 e.